The summed E-state index contributed by atoms with van der Waals surface area (Å²) in [5, 5.41) is 9.72. The van der Waals surface area contributed by atoms with Gasteiger partial charge in [-0.2, -0.15) is 0 Å². The molecule has 0 amide bonds. The second-order valence-electron chi connectivity index (χ2n) is 3.32. The molecule has 5 atom stereocenters. The molecule has 0 saturated carbocycles. The van der Waals surface area contributed by atoms with E-state index in [1.807, 2.05) is 0 Å². The second-order valence-corrected chi connectivity index (χ2v) is 3.32. The number of hydrogen-bond acceptors (Lipinski definition) is 5. The lowest BCUT2D eigenvalue weighted by Gasteiger charge is -2.41. The largest absolute Gasteiger partial charge is 0.387 e. The van der Waals surface area contributed by atoms with Gasteiger partial charge in [0.1, 0.15) is 31.1 Å². The highest BCUT2D eigenvalue weighted by Gasteiger charge is 2.46. The molecular formula is C9H17FO5. The molecule has 0 unspecified atom stereocenters. The van der Waals surface area contributed by atoms with E-state index < -0.39 is 37.4 Å². The van der Waals surface area contributed by atoms with E-state index in [9.17, 15) is 9.50 Å². The molecular weight excluding hydrogens is 207 g/mol. The van der Waals surface area contributed by atoms with Gasteiger partial charge in [0, 0.05) is 21.3 Å². The van der Waals surface area contributed by atoms with Crippen molar-refractivity contribution in [3.63, 3.8) is 0 Å². The molecule has 1 heterocycles. The smallest absolute Gasteiger partial charge is 0.186 e. The Morgan fingerprint density at radius 2 is 1.73 bits per heavy atom. The monoisotopic (exact) mass is 224 g/mol. The summed E-state index contributed by atoms with van der Waals surface area (Å²) in [6.45, 7) is -0.794. The Hall–Kier alpha value is -0.270. The van der Waals surface area contributed by atoms with Crippen LogP contribution in [0.3, 0.4) is 0 Å². The summed E-state index contributed by atoms with van der Waals surface area (Å²) < 4.78 is 32.9. The first kappa shape index (κ1) is 12.8. The van der Waals surface area contributed by atoms with Gasteiger partial charge in [0.2, 0.25) is 0 Å². The lowest BCUT2D eigenvalue weighted by Crippen LogP contribution is -2.59. The molecule has 1 aliphatic rings. The number of methoxy groups -OCH3 is 3. The average molecular weight is 224 g/mol. The minimum atomic E-state index is -1.06. The quantitative estimate of drug-likeness (QED) is 0.711. The normalized spacial score (nSPS) is 41.8. The molecule has 1 saturated heterocycles. The zero-order chi connectivity index (χ0) is 11.4. The van der Waals surface area contributed by atoms with Crippen LogP contribution in [0, 0.1) is 0 Å². The maximum Gasteiger partial charge on any atom is 0.186 e. The van der Waals surface area contributed by atoms with Crippen LogP contribution in [-0.4, -0.2) is 63.8 Å². The molecule has 0 bridgehead atoms. The first-order chi connectivity index (χ1) is 7.19. The van der Waals surface area contributed by atoms with Crippen molar-refractivity contribution < 1.29 is 28.4 Å². The Morgan fingerprint density at radius 3 is 2.13 bits per heavy atom. The van der Waals surface area contributed by atoms with E-state index in [0.29, 0.717) is 0 Å². The van der Waals surface area contributed by atoms with Crippen molar-refractivity contribution in [3.8, 4) is 0 Å². The third-order valence-corrected chi connectivity index (χ3v) is 2.55. The highest BCUT2D eigenvalue weighted by Crippen LogP contribution is 2.25. The molecule has 6 heteroatoms. The van der Waals surface area contributed by atoms with Gasteiger partial charge in [0.25, 0.3) is 0 Å². The Kier molecular flexibility index (Phi) is 4.88. The van der Waals surface area contributed by atoms with Crippen LogP contribution >= 0.6 is 0 Å². The van der Waals surface area contributed by atoms with Crippen LogP contribution < -0.4 is 0 Å². The number of rotatable bonds is 4. The number of ether oxygens (including phenoxy) is 4. The van der Waals surface area contributed by atoms with E-state index in [1.54, 1.807) is 0 Å². The first-order valence-corrected chi connectivity index (χ1v) is 4.67. The highest BCUT2D eigenvalue weighted by atomic mass is 19.1. The summed E-state index contributed by atoms with van der Waals surface area (Å²) in [5.74, 6) is 0. The Morgan fingerprint density at radius 1 is 1.13 bits per heavy atom. The minimum absolute atomic E-state index is 0.571. The molecule has 1 fully saturated rings. The Bertz CT molecular complexity index is 191. The van der Waals surface area contributed by atoms with Gasteiger partial charge in [-0.05, 0) is 0 Å². The lowest BCUT2D eigenvalue weighted by molar-refractivity contribution is -0.300. The van der Waals surface area contributed by atoms with Gasteiger partial charge in [-0.15, -0.1) is 0 Å². The predicted octanol–water partition coefficient (Wildman–Crippen LogP) is -0.282. The third-order valence-electron chi connectivity index (χ3n) is 2.55. The van der Waals surface area contributed by atoms with E-state index in [2.05, 4.69) is 0 Å². The summed E-state index contributed by atoms with van der Waals surface area (Å²) in [6.07, 6.45) is -3.96. The van der Waals surface area contributed by atoms with Crippen LogP contribution in [0.5, 0.6) is 0 Å². The van der Waals surface area contributed by atoms with Gasteiger partial charge in [0.05, 0.1) is 0 Å². The second kappa shape index (κ2) is 5.72. The molecule has 0 spiro atoms. The van der Waals surface area contributed by atoms with E-state index >= 15 is 0 Å². The molecule has 0 aromatic rings. The van der Waals surface area contributed by atoms with Crippen molar-refractivity contribution in [2.45, 2.75) is 30.7 Å². The molecule has 90 valence electrons. The zero-order valence-electron chi connectivity index (χ0n) is 9.05. The van der Waals surface area contributed by atoms with Gasteiger partial charge >= 0.3 is 0 Å². The number of aliphatic hydroxyl groups is 1. The number of hydrogen-bond donors (Lipinski definition) is 1. The molecule has 0 aromatic carbocycles. The molecule has 1 N–H and O–H groups in total. The van der Waals surface area contributed by atoms with Gasteiger partial charge in [0.15, 0.2) is 6.29 Å². The standard InChI is InChI=1S/C9H17FO5/c1-12-7-6(11)5(4-10)15-9(14-3)8(7)13-2/h5-9,11H,4H2,1-3H3/t5-,6-,7+,8+,9+/m1/s1. The first-order valence-electron chi connectivity index (χ1n) is 4.67. The zero-order valence-corrected chi connectivity index (χ0v) is 9.05. The molecule has 1 rings (SSSR count). The van der Waals surface area contributed by atoms with Crippen LogP contribution in [0.1, 0.15) is 0 Å². The fourth-order valence-electron chi connectivity index (χ4n) is 1.73. The van der Waals surface area contributed by atoms with Gasteiger partial charge in [-0.3, -0.25) is 0 Å². The maximum atomic E-state index is 12.5. The fraction of sp³-hybridized carbons (Fsp3) is 1.00. The summed E-state index contributed by atoms with van der Waals surface area (Å²) in [7, 11) is 4.30. The lowest BCUT2D eigenvalue weighted by atomic mass is 9.99. The number of alkyl halides is 1. The van der Waals surface area contributed by atoms with Crippen molar-refractivity contribution in [2.24, 2.45) is 0 Å². The topological polar surface area (TPSA) is 57.2 Å². The van der Waals surface area contributed by atoms with Crippen LogP contribution in [0.4, 0.5) is 4.39 Å². The van der Waals surface area contributed by atoms with Crippen LogP contribution in [-0.2, 0) is 18.9 Å². The van der Waals surface area contributed by atoms with Gasteiger partial charge in [-0.1, -0.05) is 0 Å². The predicted molar refractivity (Wildman–Crippen MR) is 49.2 cm³/mol. The summed E-state index contributed by atoms with van der Waals surface area (Å²) in [4.78, 5) is 0. The Labute approximate surface area is 88.1 Å². The fourth-order valence-corrected chi connectivity index (χ4v) is 1.73. The van der Waals surface area contributed by atoms with Crippen LogP contribution in [0.25, 0.3) is 0 Å². The van der Waals surface area contributed by atoms with E-state index in [4.69, 9.17) is 18.9 Å². The molecule has 15 heavy (non-hydrogen) atoms. The maximum absolute atomic E-state index is 12.5. The van der Waals surface area contributed by atoms with Crippen molar-refractivity contribution in [1.29, 1.82) is 0 Å². The van der Waals surface area contributed by atoms with E-state index in [1.165, 1.54) is 21.3 Å². The van der Waals surface area contributed by atoms with Crippen molar-refractivity contribution in [3.05, 3.63) is 0 Å². The Balaban J connectivity index is 2.78. The summed E-state index contributed by atoms with van der Waals surface area (Å²) in [6, 6.07) is 0. The van der Waals surface area contributed by atoms with Gasteiger partial charge in [-0.25, -0.2) is 4.39 Å². The minimum Gasteiger partial charge on any atom is -0.387 e. The third kappa shape index (κ3) is 2.46. The number of aliphatic hydroxyl groups excluding tert-OH is 1. The van der Waals surface area contributed by atoms with E-state index in [0.717, 1.165) is 0 Å². The van der Waals surface area contributed by atoms with Crippen LogP contribution in [0.15, 0.2) is 0 Å². The molecule has 0 aliphatic carbocycles. The summed E-state index contributed by atoms with van der Waals surface area (Å²) in [5.41, 5.74) is 0. The molecule has 5 nitrogen and oxygen atoms in total. The molecule has 1 aliphatic heterocycles. The van der Waals surface area contributed by atoms with E-state index in [-0.39, 0.29) is 0 Å². The van der Waals surface area contributed by atoms with Crippen molar-refractivity contribution in [2.75, 3.05) is 28.0 Å². The van der Waals surface area contributed by atoms with Gasteiger partial charge < -0.3 is 24.1 Å². The number of halogens is 1. The average Bonchev–Trinajstić information content (AvgIpc) is 2.28. The van der Waals surface area contributed by atoms with Crippen LogP contribution in [0.2, 0.25) is 0 Å². The molecule has 0 radical (unpaired) electrons. The highest BCUT2D eigenvalue weighted by molar-refractivity contribution is 4.90. The SMILES string of the molecule is CO[C@H]1O[C@H](CF)[C@@H](O)[C@H](OC)[C@@H]1OC. The molecule has 0 aromatic heterocycles. The van der Waals surface area contributed by atoms with Crippen molar-refractivity contribution in [1.82, 2.24) is 0 Å². The van der Waals surface area contributed by atoms with Crippen molar-refractivity contribution >= 4 is 0 Å². The summed E-state index contributed by atoms with van der Waals surface area (Å²) >= 11 is 0.